The smallest absolute Gasteiger partial charge is 0.437 e. The van der Waals surface area contributed by atoms with E-state index < -0.39 is 23.4 Å². The van der Waals surface area contributed by atoms with E-state index in [1.54, 1.807) is 53.8 Å². The third-order valence-corrected chi connectivity index (χ3v) is 2.67. The summed E-state index contributed by atoms with van der Waals surface area (Å²) in [6, 6.07) is 1.65. The molecule has 0 saturated carbocycles. The fraction of sp³-hybridized carbons (Fsp3) is 0.647. The molecule has 0 aliphatic carbocycles. The number of carbonyl (C=O) groups is 2. The van der Waals surface area contributed by atoms with E-state index in [1.165, 1.54) is 22.9 Å². The van der Waals surface area contributed by atoms with Gasteiger partial charge < -0.3 is 14.2 Å². The number of amides is 2. The molecule has 146 valence electrons. The van der Waals surface area contributed by atoms with Gasteiger partial charge in [-0.15, -0.1) is 4.99 Å². The van der Waals surface area contributed by atoms with E-state index in [0.717, 1.165) is 0 Å². The van der Waals surface area contributed by atoms with Crippen LogP contribution in [-0.2, 0) is 14.2 Å². The summed E-state index contributed by atoms with van der Waals surface area (Å²) in [6.45, 7) is 10.8. The second-order valence-corrected chi connectivity index (χ2v) is 7.47. The number of hydrogen-bond acceptors (Lipinski definition) is 6. The molecule has 0 aromatic carbocycles. The molecule has 0 aliphatic rings. The van der Waals surface area contributed by atoms with Crippen LogP contribution in [0, 0.1) is 0 Å². The number of aromatic nitrogens is 2. The van der Waals surface area contributed by atoms with E-state index in [9.17, 15) is 9.59 Å². The quantitative estimate of drug-likeness (QED) is 0.601. The molecular weight excluding hydrogens is 340 g/mol. The highest BCUT2D eigenvalue weighted by Gasteiger charge is 2.28. The largest absolute Gasteiger partial charge is 0.443 e. The molecule has 0 atom stereocenters. The van der Waals surface area contributed by atoms with Gasteiger partial charge in [0.15, 0.2) is 0 Å². The number of aliphatic imine (C=N–C) groups is 1. The minimum atomic E-state index is -0.839. The van der Waals surface area contributed by atoms with E-state index in [2.05, 4.69) is 10.1 Å². The third-order valence-electron chi connectivity index (χ3n) is 2.67. The average Bonchev–Trinajstić information content (AvgIpc) is 2.96. The maximum atomic E-state index is 12.6. The zero-order valence-corrected chi connectivity index (χ0v) is 16.5. The van der Waals surface area contributed by atoms with Crippen molar-refractivity contribution in [1.29, 1.82) is 0 Å². The zero-order chi connectivity index (χ0) is 20.0. The van der Waals surface area contributed by atoms with E-state index in [-0.39, 0.29) is 19.1 Å². The monoisotopic (exact) mass is 368 g/mol. The minimum absolute atomic E-state index is 0.0319. The van der Waals surface area contributed by atoms with Crippen molar-refractivity contribution in [3.8, 4) is 0 Å². The fourth-order valence-corrected chi connectivity index (χ4v) is 1.76. The Labute approximate surface area is 153 Å². The Morgan fingerprint density at radius 3 is 2.19 bits per heavy atom. The van der Waals surface area contributed by atoms with Gasteiger partial charge in [-0.1, -0.05) is 0 Å². The molecule has 0 N–H and O–H groups in total. The number of nitrogens with zero attached hydrogens (tertiary/aromatic N) is 4. The highest BCUT2D eigenvalue weighted by atomic mass is 16.6. The molecule has 1 heterocycles. The van der Waals surface area contributed by atoms with Crippen LogP contribution in [0.3, 0.4) is 0 Å². The van der Waals surface area contributed by atoms with Crippen LogP contribution in [-0.4, -0.2) is 64.3 Å². The Bertz CT molecular complexity index is 627. The maximum Gasteiger partial charge on any atom is 0.437 e. The van der Waals surface area contributed by atoms with Crippen LogP contribution in [0.15, 0.2) is 23.5 Å². The van der Waals surface area contributed by atoms with Crippen molar-refractivity contribution in [1.82, 2.24) is 14.7 Å². The summed E-state index contributed by atoms with van der Waals surface area (Å²) >= 11 is 0. The highest BCUT2D eigenvalue weighted by molar-refractivity contribution is 5.99. The van der Waals surface area contributed by atoms with E-state index in [1.807, 2.05) is 0 Å². The first-order valence-corrected chi connectivity index (χ1v) is 8.24. The van der Waals surface area contributed by atoms with Gasteiger partial charge in [0.25, 0.3) is 0 Å². The number of carbonyl (C=O) groups excluding carboxylic acids is 2. The van der Waals surface area contributed by atoms with Crippen LogP contribution in [0.5, 0.6) is 0 Å². The lowest BCUT2D eigenvalue weighted by molar-refractivity contribution is 0.0327. The van der Waals surface area contributed by atoms with Gasteiger partial charge in [-0.05, 0) is 47.6 Å². The molecule has 9 nitrogen and oxygen atoms in total. The normalized spacial score (nSPS) is 12.7. The highest BCUT2D eigenvalue weighted by Crippen LogP contribution is 2.13. The van der Waals surface area contributed by atoms with Gasteiger partial charge in [-0.3, -0.25) is 0 Å². The lowest BCUT2D eigenvalue weighted by atomic mass is 10.2. The summed E-state index contributed by atoms with van der Waals surface area (Å²) in [7, 11) is 1.51. The Balaban J connectivity index is 3.25. The summed E-state index contributed by atoms with van der Waals surface area (Å²) in [5.41, 5.74) is -1.44. The third kappa shape index (κ3) is 7.64. The summed E-state index contributed by atoms with van der Waals surface area (Å²) in [6.07, 6.45) is 1.56. The molecule has 1 aromatic heterocycles. The van der Waals surface area contributed by atoms with Crippen LogP contribution < -0.4 is 0 Å². The van der Waals surface area contributed by atoms with Crippen LogP contribution in [0.4, 0.5) is 9.59 Å². The molecule has 0 fully saturated rings. The Hall–Kier alpha value is -2.42. The molecule has 0 radical (unpaired) electrons. The van der Waals surface area contributed by atoms with E-state index in [0.29, 0.717) is 0 Å². The molecule has 0 aliphatic heterocycles. The predicted octanol–water partition coefficient (Wildman–Crippen LogP) is 2.91. The molecule has 0 saturated heterocycles. The molecule has 2 amide bonds. The standard InChI is InChI=1S/C17H28N4O5/c1-16(2,3)25-14(22)19-13(21-10-8-9-18-21)20(11-12-24-7)15(23)26-17(4,5)6/h8-10H,11-12H2,1-7H3/b19-13+. The maximum absolute atomic E-state index is 12.6. The average molecular weight is 368 g/mol. The molecule has 1 aromatic rings. The molecule has 1 rings (SSSR count). The van der Waals surface area contributed by atoms with Gasteiger partial charge >= 0.3 is 12.2 Å². The van der Waals surface area contributed by atoms with Crippen molar-refractivity contribution in [3.05, 3.63) is 18.5 Å². The van der Waals surface area contributed by atoms with Gasteiger partial charge in [0.05, 0.1) is 13.2 Å². The topological polar surface area (TPSA) is 95.2 Å². The summed E-state index contributed by atoms with van der Waals surface area (Å²) < 4.78 is 17.0. The first kappa shape index (κ1) is 21.6. The van der Waals surface area contributed by atoms with Gasteiger partial charge in [0.1, 0.15) is 11.2 Å². The Morgan fingerprint density at radius 2 is 1.73 bits per heavy atom. The van der Waals surface area contributed by atoms with Gasteiger partial charge in [-0.2, -0.15) is 5.10 Å². The number of methoxy groups -OCH3 is 1. The lowest BCUT2D eigenvalue weighted by Crippen LogP contribution is -2.46. The first-order valence-electron chi connectivity index (χ1n) is 8.24. The Kier molecular flexibility index (Phi) is 7.31. The molecule has 0 bridgehead atoms. The molecule has 0 spiro atoms. The lowest BCUT2D eigenvalue weighted by Gasteiger charge is -2.27. The van der Waals surface area contributed by atoms with Crippen LogP contribution in [0.2, 0.25) is 0 Å². The van der Waals surface area contributed by atoms with Crippen molar-refractivity contribution in [2.75, 3.05) is 20.3 Å². The van der Waals surface area contributed by atoms with Crippen molar-refractivity contribution < 1.29 is 23.8 Å². The molecule has 9 heteroatoms. The number of ether oxygens (including phenoxy) is 3. The molecular formula is C17H28N4O5. The van der Waals surface area contributed by atoms with Crippen LogP contribution in [0.25, 0.3) is 0 Å². The minimum Gasteiger partial charge on any atom is -0.443 e. The number of hydrogen-bond donors (Lipinski definition) is 0. The Morgan fingerprint density at radius 1 is 1.12 bits per heavy atom. The second-order valence-electron chi connectivity index (χ2n) is 7.47. The summed E-state index contributed by atoms with van der Waals surface area (Å²) in [5.74, 6) is -0.0319. The van der Waals surface area contributed by atoms with Crippen molar-refractivity contribution in [2.45, 2.75) is 52.7 Å². The first-order chi connectivity index (χ1) is 11.9. The summed E-state index contributed by atoms with van der Waals surface area (Å²) in [4.78, 5) is 30.0. The van der Waals surface area contributed by atoms with E-state index in [4.69, 9.17) is 14.2 Å². The second kappa shape index (κ2) is 8.79. The van der Waals surface area contributed by atoms with Crippen molar-refractivity contribution >= 4 is 18.1 Å². The van der Waals surface area contributed by atoms with Gasteiger partial charge in [0, 0.05) is 19.5 Å². The summed E-state index contributed by atoms with van der Waals surface area (Å²) in [5, 5.41) is 4.06. The van der Waals surface area contributed by atoms with Crippen LogP contribution >= 0.6 is 0 Å². The van der Waals surface area contributed by atoms with Gasteiger partial charge in [0.2, 0.25) is 5.96 Å². The SMILES string of the molecule is COCCN(C(=O)OC(C)(C)C)/C(=N\C(=O)OC(C)(C)C)n1cccn1. The van der Waals surface area contributed by atoms with Crippen molar-refractivity contribution in [2.24, 2.45) is 4.99 Å². The molecule has 0 unspecified atom stereocenters. The van der Waals surface area contributed by atoms with E-state index >= 15 is 0 Å². The fourth-order valence-electron chi connectivity index (χ4n) is 1.76. The number of rotatable bonds is 3. The van der Waals surface area contributed by atoms with Crippen molar-refractivity contribution in [3.63, 3.8) is 0 Å². The predicted molar refractivity (Wildman–Crippen MR) is 96.1 cm³/mol. The zero-order valence-electron chi connectivity index (χ0n) is 16.5. The van der Waals surface area contributed by atoms with Gasteiger partial charge in [-0.25, -0.2) is 19.2 Å². The molecule has 26 heavy (non-hydrogen) atoms. The van der Waals surface area contributed by atoms with Crippen LogP contribution in [0.1, 0.15) is 41.5 Å².